The molecule has 100 valence electrons. The van der Waals surface area contributed by atoms with E-state index in [0.717, 1.165) is 12.8 Å². The third kappa shape index (κ3) is 3.95. The van der Waals surface area contributed by atoms with E-state index >= 15 is 0 Å². The summed E-state index contributed by atoms with van der Waals surface area (Å²) in [5.41, 5.74) is 1.18. The lowest BCUT2D eigenvalue weighted by molar-refractivity contribution is -0.116. The maximum atomic E-state index is 11.7. The molecule has 1 aromatic heterocycles. The number of benzene rings is 1. The topological polar surface area (TPSA) is 46.9 Å². The average molecular weight is 257 g/mol. The highest BCUT2D eigenvalue weighted by molar-refractivity contribution is 5.88. The van der Waals surface area contributed by atoms with Crippen LogP contribution < -0.4 is 5.32 Å². The molecule has 19 heavy (non-hydrogen) atoms. The Balaban J connectivity index is 2.00. The molecule has 2 aromatic rings. The SMILES string of the molecule is CCCCC(=O)Nc1nccn1Cc1ccccc1. The van der Waals surface area contributed by atoms with Crippen molar-refractivity contribution in [2.24, 2.45) is 0 Å². The monoisotopic (exact) mass is 257 g/mol. The Morgan fingerprint density at radius 2 is 2.11 bits per heavy atom. The summed E-state index contributed by atoms with van der Waals surface area (Å²) in [5.74, 6) is 0.646. The number of hydrogen-bond donors (Lipinski definition) is 1. The number of aromatic nitrogens is 2. The van der Waals surface area contributed by atoms with E-state index in [2.05, 4.69) is 29.4 Å². The maximum Gasteiger partial charge on any atom is 0.226 e. The van der Waals surface area contributed by atoms with Crippen LogP contribution in [0.25, 0.3) is 0 Å². The maximum absolute atomic E-state index is 11.7. The van der Waals surface area contributed by atoms with Crippen LogP contribution in [0.5, 0.6) is 0 Å². The molecule has 0 fully saturated rings. The van der Waals surface area contributed by atoms with Gasteiger partial charge in [0.15, 0.2) is 0 Å². The van der Waals surface area contributed by atoms with Crippen LogP contribution in [-0.2, 0) is 11.3 Å². The van der Waals surface area contributed by atoms with Gasteiger partial charge in [-0.1, -0.05) is 43.7 Å². The van der Waals surface area contributed by atoms with Gasteiger partial charge in [-0.2, -0.15) is 0 Å². The highest BCUT2D eigenvalue weighted by Gasteiger charge is 2.07. The second-order valence-electron chi connectivity index (χ2n) is 4.52. The second kappa shape index (κ2) is 6.73. The number of nitrogens with zero attached hydrogens (tertiary/aromatic N) is 2. The molecule has 0 radical (unpaired) electrons. The molecule has 1 aromatic carbocycles. The van der Waals surface area contributed by atoms with Crippen LogP contribution in [0.2, 0.25) is 0 Å². The van der Waals surface area contributed by atoms with Crippen molar-refractivity contribution in [3.8, 4) is 0 Å². The van der Waals surface area contributed by atoms with Gasteiger partial charge in [0.05, 0.1) is 6.54 Å². The minimum atomic E-state index is 0.0300. The molecule has 0 atom stereocenters. The van der Waals surface area contributed by atoms with Gasteiger partial charge < -0.3 is 4.57 Å². The summed E-state index contributed by atoms with van der Waals surface area (Å²) < 4.78 is 1.94. The first-order chi connectivity index (χ1) is 9.29. The van der Waals surface area contributed by atoms with Crippen molar-refractivity contribution in [2.45, 2.75) is 32.7 Å². The number of hydrogen-bond acceptors (Lipinski definition) is 2. The first-order valence-corrected chi connectivity index (χ1v) is 6.64. The van der Waals surface area contributed by atoms with E-state index in [1.165, 1.54) is 5.56 Å². The summed E-state index contributed by atoms with van der Waals surface area (Å²) in [6, 6.07) is 10.1. The van der Waals surface area contributed by atoms with Gasteiger partial charge in [0, 0.05) is 18.8 Å². The van der Waals surface area contributed by atoms with Crippen molar-refractivity contribution < 1.29 is 4.79 Å². The van der Waals surface area contributed by atoms with Crippen LogP contribution in [0.3, 0.4) is 0 Å². The molecule has 0 aliphatic heterocycles. The number of anilines is 1. The van der Waals surface area contributed by atoms with Crippen LogP contribution >= 0.6 is 0 Å². The fourth-order valence-electron chi connectivity index (χ4n) is 1.87. The molecular weight excluding hydrogens is 238 g/mol. The minimum Gasteiger partial charge on any atom is -0.313 e. The highest BCUT2D eigenvalue weighted by Crippen LogP contribution is 2.10. The molecule has 1 heterocycles. The van der Waals surface area contributed by atoms with Gasteiger partial charge in [0.25, 0.3) is 0 Å². The Bertz CT molecular complexity index is 519. The molecule has 0 saturated carbocycles. The molecule has 4 heteroatoms. The molecule has 0 bridgehead atoms. The van der Waals surface area contributed by atoms with E-state index in [1.807, 2.05) is 29.0 Å². The van der Waals surface area contributed by atoms with Gasteiger partial charge >= 0.3 is 0 Å². The van der Waals surface area contributed by atoms with Crippen molar-refractivity contribution >= 4 is 11.9 Å². The fraction of sp³-hybridized carbons (Fsp3) is 0.333. The summed E-state index contributed by atoms with van der Waals surface area (Å²) >= 11 is 0. The molecule has 1 amide bonds. The molecule has 0 unspecified atom stereocenters. The van der Waals surface area contributed by atoms with Gasteiger partial charge in [0.1, 0.15) is 0 Å². The number of unbranched alkanes of at least 4 members (excludes halogenated alkanes) is 1. The molecule has 0 saturated heterocycles. The molecule has 0 aliphatic rings. The van der Waals surface area contributed by atoms with Gasteiger partial charge in [-0.05, 0) is 12.0 Å². The van der Waals surface area contributed by atoms with E-state index in [9.17, 15) is 4.79 Å². The first-order valence-electron chi connectivity index (χ1n) is 6.64. The Kier molecular flexibility index (Phi) is 4.72. The Hall–Kier alpha value is -2.10. The average Bonchev–Trinajstić information content (AvgIpc) is 2.85. The molecular formula is C15H19N3O. The lowest BCUT2D eigenvalue weighted by atomic mass is 10.2. The van der Waals surface area contributed by atoms with Crippen LogP contribution in [0.15, 0.2) is 42.7 Å². The van der Waals surface area contributed by atoms with Crippen molar-refractivity contribution in [3.63, 3.8) is 0 Å². The smallest absolute Gasteiger partial charge is 0.226 e. The number of amides is 1. The van der Waals surface area contributed by atoms with Crippen molar-refractivity contribution in [1.82, 2.24) is 9.55 Å². The lowest BCUT2D eigenvalue weighted by Gasteiger charge is -2.09. The number of carbonyl (C=O) groups is 1. The zero-order chi connectivity index (χ0) is 13.5. The Morgan fingerprint density at radius 3 is 2.84 bits per heavy atom. The standard InChI is InChI=1S/C15H19N3O/c1-2-3-9-14(19)17-15-16-10-11-18(15)12-13-7-5-4-6-8-13/h4-8,10-11H,2-3,9,12H2,1H3,(H,16,17,19). The number of nitrogens with one attached hydrogen (secondary N) is 1. The van der Waals surface area contributed by atoms with Gasteiger partial charge in [-0.3, -0.25) is 10.1 Å². The van der Waals surface area contributed by atoms with Crippen LogP contribution in [-0.4, -0.2) is 15.5 Å². The van der Waals surface area contributed by atoms with Crippen molar-refractivity contribution in [1.29, 1.82) is 0 Å². The second-order valence-corrected chi connectivity index (χ2v) is 4.52. The Morgan fingerprint density at radius 1 is 1.32 bits per heavy atom. The first kappa shape index (κ1) is 13.3. The molecule has 4 nitrogen and oxygen atoms in total. The third-order valence-electron chi connectivity index (χ3n) is 2.92. The summed E-state index contributed by atoms with van der Waals surface area (Å²) in [5, 5.41) is 2.86. The zero-order valence-electron chi connectivity index (χ0n) is 11.2. The van der Waals surface area contributed by atoms with Crippen LogP contribution in [0.1, 0.15) is 31.7 Å². The van der Waals surface area contributed by atoms with E-state index in [4.69, 9.17) is 0 Å². The summed E-state index contributed by atoms with van der Waals surface area (Å²) in [7, 11) is 0. The van der Waals surface area contributed by atoms with Gasteiger partial charge in [-0.25, -0.2) is 4.98 Å². The molecule has 0 spiro atoms. The zero-order valence-corrected chi connectivity index (χ0v) is 11.2. The summed E-state index contributed by atoms with van der Waals surface area (Å²) in [4.78, 5) is 15.9. The highest BCUT2D eigenvalue weighted by atomic mass is 16.1. The quantitative estimate of drug-likeness (QED) is 0.864. The van der Waals surface area contributed by atoms with Crippen LogP contribution in [0, 0.1) is 0 Å². The van der Waals surface area contributed by atoms with Gasteiger partial charge in [-0.15, -0.1) is 0 Å². The number of rotatable bonds is 6. The Labute approximate surface area is 113 Å². The molecule has 2 rings (SSSR count). The van der Waals surface area contributed by atoms with E-state index in [0.29, 0.717) is 18.9 Å². The van der Waals surface area contributed by atoms with Crippen molar-refractivity contribution in [2.75, 3.05) is 5.32 Å². The summed E-state index contributed by atoms with van der Waals surface area (Å²) in [6.07, 6.45) is 6.06. The lowest BCUT2D eigenvalue weighted by Crippen LogP contribution is -2.15. The fourth-order valence-corrected chi connectivity index (χ4v) is 1.87. The predicted octanol–water partition coefficient (Wildman–Crippen LogP) is 3.06. The normalized spacial score (nSPS) is 10.4. The van der Waals surface area contributed by atoms with E-state index < -0.39 is 0 Å². The molecule has 0 aliphatic carbocycles. The number of carbonyl (C=O) groups excluding carboxylic acids is 1. The van der Waals surface area contributed by atoms with Gasteiger partial charge in [0.2, 0.25) is 11.9 Å². The third-order valence-corrected chi connectivity index (χ3v) is 2.92. The largest absolute Gasteiger partial charge is 0.313 e. The molecule has 1 N–H and O–H groups in total. The minimum absolute atomic E-state index is 0.0300. The van der Waals surface area contributed by atoms with E-state index in [1.54, 1.807) is 6.20 Å². The summed E-state index contributed by atoms with van der Waals surface area (Å²) in [6.45, 7) is 2.79. The number of imidazole rings is 1. The predicted molar refractivity (Wildman–Crippen MR) is 75.9 cm³/mol. The van der Waals surface area contributed by atoms with Crippen LogP contribution in [0.4, 0.5) is 5.95 Å². The van der Waals surface area contributed by atoms with E-state index in [-0.39, 0.29) is 5.91 Å². The van der Waals surface area contributed by atoms with Crippen molar-refractivity contribution in [3.05, 3.63) is 48.3 Å².